The molecule has 0 fully saturated rings. The molecule has 8 nitrogen and oxygen atoms in total. The van der Waals surface area contributed by atoms with E-state index in [9.17, 15) is 15.0 Å². The molecule has 0 bridgehead atoms. The Morgan fingerprint density at radius 1 is 0.837 bits per heavy atom. The van der Waals surface area contributed by atoms with Crippen LogP contribution >= 0.6 is 0 Å². The number of nitrogens with zero attached hydrogens (tertiary/aromatic N) is 2. The second kappa shape index (κ2) is 14.4. The van der Waals surface area contributed by atoms with Crippen molar-refractivity contribution in [3.8, 4) is 17.2 Å². The first kappa shape index (κ1) is 29.7. The minimum absolute atomic E-state index is 0.0808. The lowest BCUT2D eigenvalue weighted by atomic mass is 10.0. The summed E-state index contributed by atoms with van der Waals surface area (Å²) < 4.78 is 11.9. The molecule has 0 saturated carbocycles. The Hall–Kier alpha value is -4.76. The van der Waals surface area contributed by atoms with Crippen LogP contribution < -0.4 is 15.2 Å². The lowest BCUT2D eigenvalue weighted by molar-refractivity contribution is 0.0335. The molecule has 0 unspecified atom stereocenters. The van der Waals surface area contributed by atoms with Gasteiger partial charge in [0, 0.05) is 30.7 Å². The second-order valence-corrected chi connectivity index (χ2v) is 10.4. The largest absolute Gasteiger partial charge is 0.491 e. The molecule has 1 amide bonds. The third kappa shape index (κ3) is 7.96. The van der Waals surface area contributed by atoms with Crippen molar-refractivity contribution in [3.05, 3.63) is 132 Å². The maximum atomic E-state index is 11.8. The number of carbonyl (C=O) groups is 1. The van der Waals surface area contributed by atoms with Crippen molar-refractivity contribution in [2.75, 3.05) is 19.8 Å². The molecule has 2 atom stereocenters. The molecule has 1 heterocycles. The molecule has 0 aliphatic heterocycles. The molecule has 43 heavy (non-hydrogen) atoms. The summed E-state index contributed by atoms with van der Waals surface area (Å²) in [5.41, 5.74) is 8.45. The van der Waals surface area contributed by atoms with Gasteiger partial charge in [-0.2, -0.15) is 0 Å². The van der Waals surface area contributed by atoms with E-state index in [-0.39, 0.29) is 19.3 Å². The molecular weight excluding hydrogens is 542 g/mol. The molecule has 4 N–H and O–H groups in total. The lowest BCUT2D eigenvalue weighted by Gasteiger charge is -2.32. The number of aromatic nitrogens is 1. The molecule has 5 rings (SSSR count). The molecule has 1 aromatic heterocycles. The second-order valence-electron chi connectivity index (χ2n) is 10.4. The standard InChI is InChI=1S/C35H35N3O5/c36-35(41)32-13-7-12-31-33(18-19-37-34(31)32)43-30-16-14-25(15-17-30)20-27(23-39)38(21-26-8-3-1-4-9-26)22-28(40)24-42-29-10-5-2-6-11-29/h1-19,27-28,39-40H,20-24H2,(H2,36,41)/t27-,28-/m0/s1. The third-order valence-electron chi connectivity index (χ3n) is 7.21. The van der Waals surface area contributed by atoms with E-state index in [4.69, 9.17) is 15.2 Å². The number of primary amides is 1. The highest BCUT2D eigenvalue weighted by Gasteiger charge is 2.22. The Morgan fingerprint density at radius 3 is 2.26 bits per heavy atom. The van der Waals surface area contributed by atoms with Crippen LogP contribution in [0.15, 0.2) is 115 Å². The fourth-order valence-corrected chi connectivity index (χ4v) is 5.03. The first-order valence-corrected chi connectivity index (χ1v) is 14.2. The zero-order chi connectivity index (χ0) is 30.0. The summed E-state index contributed by atoms with van der Waals surface area (Å²) in [6, 6.07) is 33.8. The van der Waals surface area contributed by atoms with Crippen LogP contribution in [-0.2, 0) is 13.0 Å². The van der Waals surface area contributed by atoms with Gasteiger partial charge in [0.15, 0.2) is 0 Å². The highest BCUT2D eigenvalue weighted by atomic mass is 16.5. The number of pyridine rings is 1. The maximum Gasteiger partial charge on any atom is 0.250 e. The smallest absolute Gasteiger partial charge is 0.250 e. The number of carbonyl (C=O) groups excluding carboxylic acids is 1. The molecule has 0 aliphatic carbocycles. The van der Waals surface area contributed by atoms with Gasteiger partial charge in [0.05, 0.1) is 17.7 Å². The minimum Gasteiger partial charge on any atom is -0.491 e. The molecule has 5 aromatic rings. The average molecular weight is 578 g/mol. The van der Waals surface area contributed by atoms with Gasteiger partial charge in [0.25, 0.3) is 5.91 Å². The van der Waals surface area contributed by atoms with Crippen molar-refractivity contribution in [1.29, 1.82) is 0 Å². The normalized spacial score (nSPS) is 12.6. The van der Waals surface area contributed by atoms with Crippen molar-refractivity contribution in [2.45, 2.75) is 25.1 Å². The molecular formula is C35H35N3O5. The zero-order valence-electron chi connectivity index (χ0n) is 23.8. The van der Waals surface area contributed by atoms with Gasteiger partial charge in [-0.1, -0.05) is 66.7 Å². The van der Waals surface area contributed by atoms with E-state index in [1.165, 1.54) is 0 Å². The Balaban J connectivity index is 1.28. The van der Waals surface area contributed by atoms with E-state index in [1.807, 2.05) is 91.0 Å². The molecule has 220 valence electrons. The molecule has 0 spiro atoms. The average Bonchev–Trinajstić information content (AvgIpc) is 3.04. The number of nitrogens with two attached hydrogens (primary N) is 1. The summed E-state index contributed by atoms with van der Waals surface area (Å²) in [6.45, 7) is 0.960. The number of rotatable bonds is 14. The topological polar surface area (TPSA) is 118 Å². The number of para-hydroxylation sites is 2. The lowest BCUT2D eigenvalue weighted by Crippen LogP contribution is -2.44. The third-order valence-corrected chi connectivity index (χ3v) is 7.21. The van der Waals surface area contributed by atoms with Crippen LogP contribution in [0.5, 0.6) is 17.2 Å². The first-order chi connectivity index (χ1) is 21.0. The Kier molecular flexibility index (Phi) is 9.97. The zero-order valence-corrected chi connectivity index (χ0v) is 23.8. The van der Waals surface area contributed by atoms with E-state index in [0.717, 1.165) is 11.1 Å². The van der Waals surface area contributed by atoms with Crippen LogP contribution in [0.1, 0.15) is 21.5 Å². The van der Waals surface area contributed by atoms with Gasteiger partial charge in [0.1, 0.15) is 30.0 Å². The predicted octanol–water partition coefficient (Wildman–Crippen LogP) is 4.97. The van der Waals surface area contributed by atoms with E-state index < -0.39 is 12.0 Å². The van der Waals surface area contributed by atoms with Crippen molar-refractivity contribution < 1.29 is 24.5 Å². The number of fused-ring (bicyclic) bond motifs is 1. The summed E-state index contributed by atoms with van der Waals surface area (Å²) in [6.07, 6.45) is 1.40. The summed E-state index contributed by atoms with van der Waals surface area (Å²) >= 11 is 0. The van der Waals surface area contributed by atoms with Gasteiger partial charge >= 0.3 is 0 Å². The van der Waals surface area contributed by atoms with Crippen molar-refractivity contribution in [1.82, 2.24) is 9.88 Å². The van der Waals surface area contributed by atoms with Gasteiger partial charge in [-0.05, 0) is 60.0 Å². The minimum atomic E-state index is -0.751. The number of hydrogen-bond acceptors (Lipinski definition) is 7. The Labute approximate surface area is 251 Å². The first-order valence-electron chi connectivity index (χ1n) is 14.2. The highest BCUT2D eigenvalue weighted by molar-refractivity contribution is 6.06. The van der Waals surface area contributed by atoms with Crippen LogP contribution in [0.3, 0.4) is 0 Å². The molecule has 0 aliphatic rings. The predicted molar refractivity (Wildman–Crippen MR) is 166 cm³/mol. The van der Waals surface area contributed by atoms with Gasteiger partial charge in [-0.3, -0.25) is 14.7 Å². The number of hydrogen-bond donors (Lipinski definition) is 3. The van der Waals surface area contributed by atoms with Gasteiger partial charge < -0.3 is 25.4 Å². The number of ether oxygens (including phenoxy) is 2. The number of aliphatic hydroxyl groups is 2. The van der Waals surface area contributed by atoms with Gasteiger partial charge in [-0.25, -0.2) is 0 Å². The molecule has 4 aromatic carbocycles. The van der Waals surface area contributed by atoms with Crippen LogP contribution in [0.4, 0.5) is 0 Å². The van der Waals surface area contributed by atoms with Crippen molar-refractivity contribution in [3.63, 3.8) is 0 Å². The number of aliphatic hydroxyl groups excluding tert-OH is 2. The van der Waals surface area contributed by atoms with Gasteiger partial charge in [0.2, 0.25) is 0 Å². The van der Waals surface area contributed by atoms with Crippen LogP contribution in [0.25, 0.3) is 10.9 Å². The van der Waals surface area contributed by atoms with E-state index >= 15 is 0 Å². The van der Waals surface area contributed by atoms with Gasteiger partial charge in [-0.15, -0.1) is 0 Å². The van der Waals surface area contributed by atoms with Crippen LogP contribution in [0.2, 0.25) is 0 Å². The van der Waals surface area contributed by atoms with E-state index in [1.54, 1.807) is 24.4 Å². The quantitative estimate of drug-likeness (QED) is 0.171. The summed E-state index contributed by atoms with van der Waals surface area (Å²) in [5, 5.41) is 22.0. The van der Waals surface area contributed by atoms with E-state index in [0.29, 0.717) is 53.2 Å². The summed E-state index contributed by atoms with van der Waals surface area (Å²) in [7, 11) is 0. The van der Waals surface area contributed by atoms with Crippen molar-refractivity contribution in [2.24, 2.45) is 5.73 Å². The Bertz CT molecular complexity index is 1610. The van der Waals surface area contributed by atoms with E-state index in [2.05, 4.69) is 9.88 Å². The summed E-state index contributed by atoms with van der Waals surface area (Å²) in [5.74, 6) is 1.34. The highest BCUT2D eigenvalue weighted by Crippen LogP contribution is 2.30. The molecule has 0 saturated heterocycles. The fourth-order valence-electron chi connectivity index (χ4n) is 5.03. The summed E-state index contributed by atoms with van der Waals surface area (Å²) in [4.78, 5) is 18.3. The maximum absolute atomic E-state index is 11.8. The molecule has 8 heteroatoms. The monoisotopic (exact) mass is 577 g/mol. The molecule has 0 radical (unpaired) electrons. The number of amides is 1. The fraction of sp³-hybridized carbons (Fsp3) is 0.200. The van der Waals surface area contributed by atoms with Crippen LogP contribution in [0, 0.1) is 0 Å². The van der Waals surface area contributed by atoms with Crippen molar-refractivity contribution >= 4 is 16.8 Å². The Morgan fingerprint density at radius 2 is 1.56 bits per heavy atom. The van der Waals surface area contributed by atoms with Crippen LogP contribution in [-0.4, -0.2) is 57.9 Å². The number of benzene rings is 4. The SMILES string of the molecule is NC(=O)c1cccc2c(Oc3ccc(C[C@@H](CO)N(Cc4ccccc4)C[C@H](O)COc4ccccc4)cc3)ccnc12.